The average Bonchev–Trinajstić information content (AvgIpc) is 2.93. The first-order valence-corrected chi connectivity index (χ1v) is 14.0. The van der Waals surface area contributed by atoms with Gasteiger partial charge in [-0.05, 0) is 67.6 Å². The van der Waals surface area contributed by atoms with E-state index in [9.17, 15) is 13.2 Å². The SMILES string of the molecule is CC1CCN(S(=O)(=O)c2ccc3nc(-c4ccccn4)cc(C(=O)NC(C)c4ccccc4)c3c2)CC1. The number of carbonyl (C=O) groups is 1. The summed E-state index contributed by atoms with van der Waals surface area (Å²) in [6.07, 6.45) is 3.35. The number of nitrogens with zero attached hydrogens (tertiary/aromatic N) is 3. The minimum Gasteiger partial charge on any atom is -0.345 e. The first-order chi connectivity index (χ1) is 17.8. The van der Waals surface area contributed by atoms with Gasteiger partial charge in [0.15, 0.2) is 0 Å². The molecule has 1 aliphatic rings. The van der Waals surface area contributed by atoms with E-state index in [1.807, 2.05) is 55.5 Å². The molecule has 8 heteroatoms. The zero-order chi connectivity index (χ0) is 26.0. The normalized spacial score (nSPS) is 15.9. The van der Waals surface area contributed by atoms with E-state index < -0.39 is 10.0 Å². The van der Waals surface area contributed by atoms with E-state index in [4.69, 9.17) is 4.98 Å². The third kappa shape index (κ3) is 5.26. The maximum absolute atomic E-state index is 13.6. The smallest absolute Gasteiger partial charge is 0.252 e. The van der Waals surface area contributed by atoms with Crippen LogP contribution in [0.4, 0.5) is 0 Å². The van der Waals surface area contributed by atoms with Crippen molar-refractivity contribution < 1.29 is 13.2 Å². The molecule has 0 saturated carbocycles. The summed E-state index contributed by atoms with van der Waals surface area (Å²) in [5.74, 6) is 0.210. The number of benzene rings is 2. The minimum atomic E-state index is -3.69. The van der Waals surface area contributed by atoms with E-state index in [0.717, 1.165) is 18.4 Å². The van der Waals surface area contributed by atoms with Gasteiger partial charge in [-0.2, -0.15) is 4.31 Å². The summed E-state index contributed by atoms with van der Waals surface area (Å²) < 4.78 is 28.5. The maximum atomic E-state index is 13.6. The quantitative estimate of drug-likeness (QED) is 0.381. The van der Waals surface area contributed by atoms with Crippen LogP contribution in [0.1, 0.15) is 48.7 Å². The van der Waals surface area contributed by atoms with Crippen LogP contribution in [0.25, 0.3) is 22.3 Å². The Balaban J connectivity index is 1.58. The van der Waals surface area contributed by atoms with Crippen LogP contribution < -0.4 is 5.32 Å². The summed E-state index contributed by atoms with van der Waals surface area (Å²) in [6.45, 7) is 5.07. The zero-order valence-corrected chi connectivity index (χ0v) is 21.8. The molecule has 37 heavy (non-hydrogen) atoms. The Hall–Kier alpha value is -3.62. The van der Waals surface area contributed by atoms with Gasteiger partial charge in [-0.1, -0.05) is 43.3 Å². The molecule has 190 valence electrons. The monoisotopic (exact) mass is 514 g/mol. The van der Waals surface area contributed by atoms with Crippen LogP contribution in [0, 0.1) is 5.92 Å². The first kappa shape index (κ1) is 25.0. The van der Waals surface area contributed by atoms with Crippen molar-refractivity contribution in [3.63, 3.8) is 0 Å². The molecule has 1 atom stereocenters. The summed E-state index contributed by atoms with van der Waals surface area (Å²) in [5, 5.41) is 3.55. The van der Waals surface area contributed by atoms with Gasteiger partial charge in [0.1, 0.15) is 0 Å². The highest BCUT2D eigenvalue weighted by atomic mass is 32.2. The van der Waals surface area contributed by atoms with Crippen LogP contribution >= 0.6 is 0 Å². The fourth-order valence-electron chi connectivity index (χ4n) is 4.67. The predicted molar refractivity (Wildman–Crippen MR) is 144 cm³/mol. The molecule has 0 radical (unpaired) electrons. The molecule has 0 spiro atoms. The van der Waals surface area contributed by atoms with Crippen molar-refractivity contribution in [2.45, 2.75) is 37.6 Å². The number of aromatic nitrogens is 2. The second kappa shape index (κ2) is 10.4. The molecule has 5 rings (SSSR count). The molecule has 7 nitrogen and oxygen atoms in total. The van der Waals surface area contributed by atoms with Crippen LogP contribution in [-0.4, -0.2) is 41.7 Å². The van der Waals surface area contributed by atoms with Gasteiger partial charge in [0.2, 0.25) is 10.0 Å². The van der Waals surface area contributed by atoms with Gasteiger partial charge >= 0.3 is 0 Å². The third-order valence-corrected chi connectivity index (χ3v) is 8.87. The van der Waals surface area contributed by atoms with E-state index in [2.05, 4.69) is 17.2 Å². The maximum Gasteiger partial charge on any atom is 0.252 e. The van der Waals surface area contributed by atoms with Crippen molar-refractivity contribution in [2.75, 3.05) is 13.1 Å². The number of carbonyl (C=O) groups excluding carboxylic acids is 1. The van der Waals surface area contributed by atoms with Crippen molar-refractivity contribution in [1.29, 1.82) is 0 Å². The Morgan fingerprint density at radius 2 is 1.70 bits per heavy atom. The molecule has 4 aromatic rings. The number of pyridine rings is 2. The van der Waals surface area contributed by atoms with E-state index in [1.54, 1.807) is 34.8 Å². The number of piperidine rings is 1. The number of nitrogens with one attached hydrogen (secondary N) is 1. The van der Waals surface area contributed by atoms with Crippen LogP contribution in [-0.2, 0) is 10.0 Å². The summed E-state index contributed by atoms with van der Waals surface area (Å²) in [5.41, 5.74) is 3.05. The van der Waals surface area contributed by atoms with Crippen LogP contribution in [0.15, 0.2) is 83.9 Å². The van der Waals surface area contributed by atoms with Gasteiger partial charge in [-0.25, -0.2) is 13.4 Å². The predicted octanol–water partition coefficient (Wildman–Crippen LogP) is 5.21. The number of amides is 1. The van der Waals surface area contributed by atoms with Crippen molar-refractivity contribution in [3.8, 4) is 11.4 Å². The lowest BCUT2D eigenvalue weighted by Crippen LogP contribution is -2.37. The van der Waals surface area contributed by atoms with E-state index in [-0.39, 0.29) is 16.8 Å². The summed E-state index contributed by atoms with van der Waals surface area (Å²) in [4.78, 5) is 22.9. The zero-order valence-electron chi connectivity index (χ0n) is 21.0. The number of hydrogen-bond acceptors (Lipinski definition) is 5. The molecule has 0 aliphatic carbocycles. The van der Waals surface area contributed by atoms with Crippen LogP contribution in [0.2, 0.25) is 0 Å². The fourth-order valence-corrected chi connectivity index (χ4v) is 6.17. The molecule has 2 aromatic carbocycles. The second-order valence-electron chi connectivity index (χ2n) is 9.64. The molecule has 1 saturated heterocycles. The fraction of sp³-hybridized carbons (Fsp3) is 0.276. The van der Waals surface area contributed by atoms with Gasteiger partial charge in [0.05, 0.1) is 33.4 Å². The van der Waals surface area contributed by atoms with Gasteiger partial charge in [0, 0.05) is 24.7 Å². The van der Waals surface area contributed by atoms with Gasteiger partial charge in [-0.15, -0.1) is 0 Å². The van der Waals surface area contributed by atoms with Crippen molar-refractivity contribution in [3.05, 3.63) is 90.1 Å². The molecule has 0 bridgehead atoms. The molecule has 3 heterocycles. The number of hydrogen-bond donors (Lipinski definition) is 1. The number of sulfonamides is 1. The highest BCUT2D eigenvalue weighted by molar-refractivity contribution is 7.89. The lowest BCUT2D eigenvalue weighted by Gasteiger charge is -2.29. The number of fused-ring (bicyclic) bond motifs is 1. The highest BCUT2D eigenvalue weighted by Crippen LogP contribution is 2.29. The van der Waals surface area contributed by atoms with E-state index in [0.29, 0.717) is 46.9 Å². The lowest BCUT2D eigenvalue weighted by atomic mass is 10.0. The summed E-state index contributed by atoms with van der Waals surface area (Å²) in [7, 11) is -3.69. The van der Waals surface area contributed by atoms with Crippen molar-refractivity contribution in [1.82, 2.24) is 19.6 Å². The van der Waals surface area contributed by atoms with E-state index >= 15 is 0 Å². The van der Waals surface area contributed by atoms with Crippen LogP contribution in [0.5, 0.6) is 0 Å². The van der Waals surface area contributed by atoms with Crippen molar-refractivity contribution >= 4 is 26.8 Å². The van der Waals surface area contributed by atoms with Gasteiger partial charge in [0.25, 0.3) is 5.91 Å². The van der Waals surface area contributed by atoms with E-state index in [1.165, 1.54) is 0 Å². The molecular weight excluding hydrogens is 484 g/mol. The Bertz CT molecular complexity index is 1520. The third-order valence-electron chi connectivity index (χ3n) is 6.98. The Kier molecular flexibility index (Phi) is 7.04. The molecule has 1 N–H and O–H groups in total. The second-order valence-corrected chi connectivity index (χ2v) is 11.6. The average molecular weight is 515 g/mol. The lowest BCUT2D eigenvalue weighted by molar-refractivity contribution is 0.0941. The Labute approximate surface area is 217 Å². The summed E-state index contributed by atoms with van der Waals surface area (Å²) >= 11 is 0. The highest BCUT2D eigenvalue weighted by Gasteiger charge is 2.29. The van der Waals surface area contributed by atoms with Crippen molar-refractivity contribution in [2.24, 2.45) is 5.92 Å². The summed E-state index contributed by atoms with van der Waals surface area (Å²) in [6, 6.07) is 21.5. The van der Waals surface area contributed by atoms with Gasteiger partial charge in [-0.3, -0.25) is 9.78 Å². The Morgan fingerprint density at radius 3 is 2.41 bits per heavy atom. The van der Waals surface area contributed by atoms with Crippen LogP contribution in [0.3, 0.4) is 0 Å². The molecule has 1 unspecified atom stereocenters. The largest absolute Gasteiger partial charge is 0.345 e. The molecule has 2 aromatic heterocycles. The van der Waals surface area contributed by atoms with Gasteiger partial charge < -0.3 is 5.32 Å². The topological polar surface area (TPSA) is 92.3 Å². The molecular formula is C29H30N4O3S. The molecule has 1 amide bonds. The first-order valence-electron chi connectivity index (χ1n) is 12.5. The minimum absolute atomic E-state index is 0.173. The molecule has 1 aliphatic heterocycles. The Morgan fingerprint density at radius 1 is 0.973 bits per heavy atom. The number of rotatable bonds is 6. The standard InChI is InChI=1S/C29H30N4O3S/c1-20-13-16-33(17-14-20)37(35,36)23-11-12-26-24(18-23)25(19-28(32-26)27-10-6-7-15-30-27)29(34)31-21(2)22-8-4-3-5-9-22/h3-12,15,18-21H,13-14,16-17H2,1-2H3,(H,31,34). The molecule has 1 fully saturated rings.